The molecule has 0 fully saturated rings. The van der Waals surface area contributed by atoms with E-state index in [0.717, 1.165) is 12.8 Å². The predicted molar refractivity (Wildman–Crippen MR) is 74.6 cm³/mol. The van der Waals surface area contributed by atoms with Gasteiger partial charge in [-0.2, -0.15) is 0 Å². The summed E-state index contributed by atoms with van der Waals surface area (Å²) in [5, 5.41) is 0. The number of hydrogen-bond acceptors (Lipinski definition) is 4. The van der Waals surface area contributed by atoms with Crippen molar-refractivity contribution in [2.75, 3.05) is 13.2 Å². The fourth-order valence-corrected chi connectivity index (χ4v) is 1.17. The van der Waals surface area contributed by atoms with Crippen LogP contribution in [-0.4, -0.2) is 25.2 Å². The van der Waals surface area contributed by atoms with Crippen LogP contribution in [0.25, 0.3) is 0 Å². The van der Waals surface area contributed by atoms with Crippen molar-refractivity contribution in [2.45, 2.75) is 47.5 Å². The molecule has 0 aromatic carbocycles. The Hall–Kier alpha value is -1.32. The number of esters is 2. The van der Waals surface area contributed by atoms with Gasteiger partial charge in [-0.05, 0) is 12.3 Å². The van der Waals surface area contributed by atoms with E-state index < -0.39 is 5.97 Å². The Labute approximate surface area is 116 Å². The Morgan fingerprint density at radius 1 is 1.11 bits per heavy atom. The third-order valence-corrected chi connectivity index (χ3v) is 2.33. The first kappa shape index (κ1) is 17.7. The van der Waals surface area contributed by atoms with Gasteiger partial charge >= 0.3 is 11.9 Å². The molecule has 0 aliphatic heterocycles. The Morgan fingerprint density at radius 2 is 1.74 bits per heavy atom. The summed E-state index contributed by atoms with van der Waals surface area (Å²) in [6.45, 7) is 9.86. The van der Waals surface area contributed by atoms with E-state index in [2.05, 4.69) is 0 Å². The number of carbonyl (C=O) groups is 2. The van der Waals surface area contributed by atoms with E-state index in [1.807, 2.05) is 20.8 Å². The van der Waals surface area contributed by atoms with Crippen molar-refractivity contribution < 1.29 is 19.1 Å². The summed E-state index contributed by atoms with van der Waals surface area (Å²) in [7, 11) is 0. The summed E-state index contributed by atoms with van der Waals surface area (Å²) in [6, 6.07) is 0. The summed E-state index contributed by atoms with van der Waals surface area (Å²) >= 11 is 0. The molecule has 19 heavy (non-hydrogen) atoms. The molecule has 0 unspecified atom stereocenters. The Kier molecular flexibility index (Phi) is 8.92. The molecule has 0 N–H and O–H groups in total. The van der Waals surface area contributed by atoms with E-state index >= 15 is 0 Å². The van der Waals surface area contributed by atoms with Crippen LogP contribution in [0.3, 0.4) is 0 Å². The average molecular weight is 270 g/mol. The smallest absolute Gasteiger partial charge is 0.337 e. The number of hydrogen-bond donors (Lipinski definition) is 0. The van der Waals surface area contributed by atoms with Gasteiger partial charge in [-0.15, -0.1) is 0 Å². The first-order valence-corrected chi connectivity index (χ1v) is 6.91. The summed E-state index contributed by atoms with van der Waals surface area (Å²) in [5.41, 5.74) is 0.427. The molecule has 0 aliphatic rings. The molecule has 0 bridgehead atoms. The van der Waals surface area contributed by atoms with E-state index in [4.69, 9.17) is 9.47 Å². The number of unbranched alkanes of at least 4 members (excludes halogenated alkanes) is 1. The molecule has 0 spiro atoms. The molecule has 0 aromatic heterocycles. The second-order valence-corrected chi connectivity index (χ2v) is 5.27. The van der Waals surface area contributed by atoms with Crippen LogP contribution in [0.4, 0.5) is 0 Å². The van der Waals surface area contributed by atoms with Crippen molar-refractivity contribution >= 4 is 11.9 Å². The molecule has 0 heterocycles. The lowest BCUT2D eigenvalue weighted by atomic mass is 10.2. The highest BCUT2D eigenvalue weighted by Gasteiger charge is 2.15. The average Bonchev–Trinajstić information content (AvgIpc) is 2.35. The molecule has 0 aliphatic carbocycles. The fraction of sp³-hybridized carbons (Fsp3) is 0.733. The topological polar surface area (TPSA) is 52.6 Å². The molecular formula is C15H26O4. The van der Waals surface area contributed by atoms with Crippen molar-refractivity contribution in [1.82, 2.24) is 0 Å². The van der Waals surface area contributed by atoms with Gasteiger partial charge in [0.05, 0.1) is 18.1 Å². The van der Waals surface area contributed by atoms with Gasteiger partial charge in [0, 0.05) is 0 Å². The predicted octanol–water partition coefficient (Wildman–Crippen LogP) is 3.11. The van der Waals surface area contributed by atoms with Gasteiger partial charge < -0.3 is 9.47 Å². The van der Waals surface area contributed by atoms with Gasteiger partial charge in [0.2, 0.25) is 0 Å². The van der Waals surface area contributed by atoms with Crippen LogP contribution in [0.15, 0.2) is 11.6 Å². The zero-order chi connectivity index (χ0) is 14.8. The maximum atomic E-state index is 11.9. The SMILES string of the molecule is CCCC=C(COC(=O)C(C)C)C(=O)OCC(C)C. The van der Waals surface area contributed by atoms with E-state index in [1.54, 1.807) is 19.9 Å². The second-order valence-electron chi connectivity index (χ2n) is 5.27. The van der Waals surface area contributed by atoms with Gasteiger partial charge in [-0.1, -0.05) is 47.1 Å². The minimum atomic E-state index is -0.390. The standard InChI is InChI=1S/C15H26O4/c1-6-7-8-13(10-19-14(16)12(4)5)15(17)18-9-11(2)3/h8,11-12H,6-7,9-10H2,1-5H3. The number of rotatable bonds is 8. The van der Waals surface area contributed by atoms with Gasteiger partial charge in [0.1, 0.15) is 6.61 Å². The first-order chi connectivity index (χ1) is 8.88. The van der Waals surface area contributed by atoms with Crippen LogP contribution in [0.5, 0.6) is 0 Å². The summed E-state index contributed by atoms with van der Waals surface area (Å²) in [6.07, 6.45) is 3.49. The normalized spacial score (nSPS) is 11.8. The largest absolute Gasteiger partial charge is 0.462 e. The quantitative estimate of drug-likeness (QED) is 0.502. The monoisotopic (exact) mass is 270 g/mol. The molecule has 110 valence electrons. The summed E-state index contributed by atoms with van der Waals surface area (Å²) in [4.78, 5) is 23.3. The lowest BCUT2D eigenvalue weighted by molar-refractivity contribution is -0.148. The van der Waals surface area contributed by atoms with E-state index in [0.29, 0.717) is 12.2 Å². The highest BCUT2D eigenvalue weighted by Crippen LogP contribution is 2.07. The van der Waals surface area contributed by atoms with Crippen molar-refractivity contribution in [3.8, 4) is 0 Å². The molecule has 0 amide bonds. The maximum absolute atomic E-state index is 11.9. The van der Waals surface area contributed by atoms with Crippen molar-refractivity contribution in [2.24, 2.45) is 11.8 Å². The Bertz CT molecular complexity index is 316. The molecule has 4 nitrogen and oxygen atoms in total. The van der Waals surface area contributed by atoms with E-state index in [1.165, 1.54) is 0 Å². The molecule has 0 saturated carbocycles. The minimum absolute atomic E-state index is 0.00601. The van der Waals surface area contributed by atoms with Gasteiger partial charge in [0.25, 0.3) is 0 Å². The zero-order valence-electron chi connectivity index (χ0n) is 12.7. The Morgan fingerprint density at radius 3 is 2.21 bits per heavy atom. The molecule has 0 atom stereocenters. The van der Waals surface area contributed by atoms with Gasteiger partial charge in [-0.25, -0.2) is 4.79 Å². The molecular weight excluding hydrogens is 244 g/mol. The lowest BCUT2D eigenvalue weighted by Crippen LogP contribution is -2.19. The molecule has 4 heteroatoms. The zero-order valence-corrected chi connectivity index (χ0v) is 12.7. The van der Waals surface area contributed by atoms with Gasteiger partial charge in [-0.3, -0.25) is 4.79 Å². The number of carbonyl (C=O) groups excluding carboxylic acids is 2. The number of ether oxygens (including phenoxy) is 2. The fourth-order valence-electron chi connectivity index (χ4n) is 1.17. The lowest BCUT2D eigenvalue weighted by Gasteiger charge is -2.12. The van der Waals surface area contributed by atoms with E-state index in [9.17, 15) is 9.59 Å². The molecule has 0 saturated heterocycles. The number of allylic oxidation sites excluding steroid dienone is 1. The van der Waals surface area contributed by atoms with Crippen molar-refractivity contribution in [3.63, 3.8) is 0 Å². The maximum Gasteiger partial charge on any atom is 0.337 e. The van der Waals surface area contributed by atoms with E-state index in [-0.39, 0.29) is 24.4 Å². The molecule has 0 radical (unpaired) electrons. The highest BCUT2D eigenvalue weighted by atomic mass is 16.5. The second kappa shape index (κ2) is 9.59. The summed E-state index contributed by atoms with van der Waals surface area (Å²) in [5.74, 6) is -0.605. The summed E-state index contributed by atoms with van der Waals surface area (Å²) < 4.78 is 10.2. The van der Waals surface area contributed by atoms with Gasteiger partial charge in [0.15, 0.2) is 0 Å². The van der Waals surface area contributed by atoms with Crippen LogP contribution >= 0.6 is 0 Å². The molecule has 0 rings (SSSR count). The third kappa shape index (κ3) is 8.41. The first-order valence-electron chi connectivity index (χ1n) is 6.91. The Balaban J connectivity index is 4.46. The third-order valence-electron chi connectivity index (χ3n) is 2.33. The van der Waals surface area contributed by atoms with Crippen LogP contribution in [-0.2, 0) is 19.1 Å². The highest BCUT2D eigenvalue weighted by molar-refractivity contribution is 5.89. The molecule has 0 aromatic rings. The van der Waals surface area contributed by atoms with Crippen molar-refractivity contribution in [1.29, 1.82) is 0 Å². The van der Waals surface area contributed by atoms with Crippen LogP contribution < -0.4 is 0 Å². The minimum Gasteiger partial charge on any atom is -0.462 e. The van der Waals surface area contributed by atoms with Crippen LogP contribution in [0.1, 0.15) is 47.5 Å². The van der Waals surface area contributed by atoms with Crippen LogP contribution in [0, 0.1) is 11.8 Å². The van der Waals surface area contributed by atoms with Crippen LogP contribution in [0.2, 0.25) is 0 Å². The van der Waals surface area contributed by atoms with Crippen molar-refractivity contribution in [3.05, 3.63) is 11.6 Å².